The number of nitrogens with zero attached hydrogens (tertiary/aromatic N) is 3. The van der Waals surface area contributed by atoms with Crippen LogP contribution in [-0.4, -0.2) is 70.1 Å². The third-order valence-electron chi connectivity index (χ3n) is 5.41. The summed E-state index contributed by atoms with van der Waals surface area (Å²) in [5, 5.41) is 10.9. The Kier molecular flexibility index (Phi) is 9.14. The molecule has 0 amide bonds. The Morgan fingerprint density at radius 3 is 2.71 bits per heavy atom. The number of non-ortho nitro benzene ring substituents is 1. The van der Waals surface area contributed by atoms with Gasteiger partial charge >= 0.3 is 0 Å². The van der Waals surface area contributed by atoms with Gasteiger partial charge in [-0.15, -0.1) is 0 Å². The fourth-order valence-corrected chi connectivity index (χ4v) is 3.70. The van der Waals surface area contributed by atoms with E-state index in [1.165, 1.54) is 12.1 Å². The molecule has 0 aliphatic carbocycles. The molecule has 2 aromatic carbocycles. The maximum Gasteiger partial charge on any atom is 0.272 e. The predicted molar refractivity (Wildman–Crippen MR) is 128 cm³/mol. The molecule has 0 spiro atoms. The van der Waals surface area contributed by atoms with Crippen molar-refractivity contribution >= 4 is 11.4 Å². The number of likely N-dealkylation sites (N-methyl/N-ethyl adjacent to an activating group) is 1. The molecule has 3 rings (SSSR count). The molecule has 2 atom stereocenters. The van der Waals surface area contributed by atoms with Crippen molar-refractivity contribution < 1.29 is 28.3 Å². The first-order chi connectivity index (χ1) is 16.8. The normalized spacial score (nSPS) is 17.0. The smallest absolute Gasteiger partial charge is 0.272 e. The first-order valence-corrected chi connectivity index (χ1v) is 11.0. The Morgan fingerprint density at radius 1 is 1.31 bits per heavy atom. The van der Waals surface area contributed by atoms with Gasteiger partial charge in [-0.05, 0) is 31.8 Å². The van der Waals surface area contributed by atoms with Gasteiger partial charge in [0.25, 0.3) is 5.69 Å². The summed E-state index contributed by atoms with van der Waals surface area (Å²) >= 11 is 0. The fraction of sp³-hybridized carbons (Fsp3) is 0.400. The number of hydrogen-bond donors (Lipinski definition) is 0. The minimum atomic E-state index is -0.819. The zero-order valence-corrected chi connectivity index (χ0v) is 19.9. The molecule has 1 unspecified atom stereocenters. The van der Waals surface area contributed by atoms with Gasteiger partial charge in [-0.2, -0.15) is 0 Å². The third kappa shape index (κ3) is 6.99. The average molecular weight is 486 g/mol. The van der Waals surface area contributed by atoms with E-state index in [0.717, 1.165) is 11.6 Å². The van der Waals surface area contributed by atoms with Crippen molar-refractivity contribution in [3.05, 3.63) is 80.9 Å². The maximum absolute atomic E-state index is 14.6. The van der Waals surface area contributed by atoms with E-state index in [1.54, 1.807) is 19.3 Å². The van der Waals surface area contributed by atoms with E-state index < -0.39 is 10.7 Å². The van der Waals surface area contributed by atoms with Gasteiger partial charge in [0.2, 0.25) is 0 Å². The molecular weight excluding hydrogens is 457 g/mol. The van der Waals surface area contributed by atoms with E-state index in [4.69, 9.17) is 25.5 Å². The lowest BCUT2D eigenvalue weighted by Crippen LogP contribution is -2.33. The first-order valence-electron chi connectivity index (χ1n) is 11.0. The average Bonchev–Trinajstić information content (AvgIpc) is 2.85. The van der Waals surface area contributed by atoms with Crippen molar-refractivity contribution in [2.24, 2.45) is 0 Å². The SMILES string of the molecule is [C-]#[N+]/C(=C\C(CN(C)C)c1ccc(OC[C@H]2COCCO2)c(OC)c1)c1ccc([N+](=O)[O-])cc1F. The van der Waals surface area contributed by atoms with Gasteiger partial charge in [0.15, 0.2) is 17.2 Å². The molecule has 1 saturated heterocycles. The molecule has 35 heavy (non-hydrogen) atoms. The lowest BCUT2D eigenvalue weighted by atomic mass is 9.95. The van der Waals surface area contributed by atoms with E-state index in [2.05, 4.69) is 4.85 Å². The molecule has 10 heteroatoms. The predicted octanol–water partition coefficient (Wildman–Crippen LogP) is 4.14. The molecule has 186 valence electrons. The van der Waals surface area contributed by atoms with Crippen LogP contribution >= 0.6 is 0 Å². The lowest BCUT2D eigenvalue weighted by Gasteiger charge is -2.24. The molecule has 0 saturated carbocycles. The molecule has 0 radical (unpaired) electrons. The monoisotopic (exact) mass is 485 g/mol. The summed E-state index contributed by atoms with van der Waals surface area (Å²) in [6.45, 7) is 10.0. The summed E-state index contributed by atoms with van der Waals surface area (Å²) < 4.78 is 37.0. The van der Waals surface area contributed by atoms with Crippen LogP contribution in [0.5, 0.6) is 11.5 Å². The second-order valence-electron chi connectivity index (χ2n) is 8.24. The van der Waals surface area contributed by atoms with E-state index in [1.807, 2.05) is 31.1 Å². The molecule has 9 nitrogen and oxygen atoms in total. The van der Waals surface area contributed by atoms with Crippen molar-refractivity contribution in [3.8, 4) is 11.5 Å². The van der Waals surface area contributed by atoms with E-state index in [-0.39, 0.29) is 29.0 Å². The maximum atomic E-state index is 14.6. The molecular formula is C25H28FN3O6. The first kappa shape index (κ1) is 26.1. The van der Waals surface area contributed by atoms with Gasteiger partial charge < -0.3 is 23.8 Å². The van der Waals surface area contributed by atoms with Crippen molar-refractivity contribution in [2.75, 3.05) is 54.2 Å². The minimum absolute atomic E-state index is 0.0102. The number of methoxy groups -OCH3 is 1. The van der Waals surface area contributed by atoms with Gasteiger partial charge in [0.1, 0.15) is 18.5 Å². The van der Waals surface area contributed by atoms with Crippen molar-refractivity contribution in [1.82, 2.24) is 4.90 Å². The van der Waals surface area contributed by atoms with E-state index >= 15 is 0 Å². The highest BCUT2D eigenvalue weighted by Crippen LogP contribution is 2.34. The van der Waals surface area contributed by atoms with Crippen LogP contribution in [0.25, 0.3) is 10.5 Å². The topological polar surface area (TPSA) is 87.7 Å². The second-order valence-corrected chi connectivity index (χ2v) is 8.24. The highest BCUT2D eigenvalue weighted by Gasteiger charge is 2.20. The van der Waals surface area contributed by atoms with Crippen molar-refractivity contribution in [1.29, 1.82) is 0 Å². The third-order valence-corrected chi connectivity index (χ3v) is 5.41. The van der Waals surface area contributed by atoms with Crippen LogP contribution in [0, 0.1) is 22.5 Å². The summed E-state index contributed by atoms with van der Waals surface area (Å²) in [4.78, 5) is 15.7. The summed E-state index contributed by atoms with van der Waals surface area (Å²) in [5.41, 5.74) is 0.545. The summed E-state index contributed by atoms with van der Waals surface area (Å²) in [6, 6.07) is 8.76. The Morgan fingerprint density at radius 2 is 2.11 bits per heavy atom. The van der Waals surface area contributed by atoms with Crippen LogP contribution < -0.4 is 9.47 Å². The van der Waals surface area contributed by atoms with Crippen LogP contribution in [0.3, 0.4) is 0 Å². The Bertz CT molecular complexity index is 1110. The van der Waals surface area contributed by atoms with Crippen molar-refractivity contribution in [2.45, 2.75) is 12.0 Å². The highest BCUT2D eigenvalue weighted by molar-refractivity contribution is 5.73. The number of nitro benzene ring substituents is 1. The zero-order valence-electron chi connectivity index (χ0n) is 19.9. The largest absolute Gasteiger partial charge is 0.493 e. The van der Waals surface area contributed by atoms with Crippen LogP contribution in [0.4, 0.5) is 10.1 Å². The van der Waals surface area contributed by atoms with Gasteiger partial charge in [0.05, 0.1) is 44.5 Å². The van der Waals surface area contributed by atoms with Gasteiger partial charge in [0, 0.05) is 24.1 Å². The Labute approximate surface area is 203 Å². The molecule has 1 aliphatic heterocycles. The molecule has 1 heterocycles. The summed E-state index contributed by atoms with van der Waals surface area (Å²) in [5.74, 6) is -0.0471. The second kappa shape index (κ2) is 12.3. The molecule has 0 aromatic heterocycles. The van der Waals surface area contributed by atoms with Gasteiger partial charge in [-0.25, -0.2) is 9.24 Å². The summed E-state index contributed by atoms with van der Waals surface area (Å²) in [6.07, 6.45) is 1.51. The molecule has 1 aliphatic rings. The van der Waals surface area contributed by atoms with Crippen LogP contribution in [-0.2, 0) is 9.47 Å². The van der Waals surface area contributed by atoms with E-state index in [0.29, 0.717) is 44.5 Å². The van der Waals surface area contributed by atoms with Crippen LogP contribution in [0.15, 0.2) is 42.5 Å². The van der Waals surface area contributed by atoms with Gasteiger partial charge in [-0.1, -0.05) is 18.2 Å². The number of ether oxygens (including phenoxy) is 4. The molecule has 0 bridgehead atoms. The quantitative estimate of drug-likeness (QED) is 0.284. The molecule has 0 N–H and O–H groups in total. The molecule has 1 fully saturated rings. The number of hydrogen-bond acceptors (Lipinski definition) is 7. The minimum Gasteiger partial charge on any atom is -0.493 e. The zero-order chi connectivity index (χ0) is 25.4. The van der Waals surface area contributed by atoms with E-state index in [9.17, 15) is 14.5 Å². The van der Waals surface area contributed by atoms with Crippen LogP contribution in [0.1, 0.15) is 17.0 Å². The molecule has 2 aromatic rings. The fourth-order valence-electron chi connectivity index (χ4n) is 3.70. The van der Waals surface area contributed by atoms with Crippen molar-refractivity contribution in [3.63, 3.8) is 0 Å². The Balaban J connectivity index is 1.89. The highest BCUT2D eigenvalue weighted by atomic mass is 19.1. The van der Waals surface area contributed by atoms with Crippen LogP contribution in [0.2, 0.25) is 0 Å². The Hall–Kier alpha value is -3.52. The summed E-state index contributed by atoms with van der Waals surface area (Å²) in [7, 11) is 5.33. The number of nitro groups is 1. The van der Waals surface area contributed by atoms with Gasteiger partial charge in [-0.3, -0.25) is 10.1 Å². The number of rotatable bonds is 10. The lowest BCUT2D eigenvalue weighted by molar-refractivity contribution is -0.385. The number of halogens is 1. The standard InChI is InChI=1S/C25H28FN3O6/c1-27-23(21-7-6-19(29(30)31)13-22(21)26)11-18(14-28(2)3)17-5-8-24(25(12-17)32-4)35-16-20-15-33-9-10-34-20/h5-8,11-13,18,20H,9-10,14-16H2,2-4H3/b23-11-/t18?,20-/m1/s1. The number of benzene rings is 2.